The molecule has 190 valence electrons. The Morgan fingerprint density at radius 1 is 1.11 bits per heavy atom. The van der Waals surface area contributed by atoms with Crippen LogP contribution in [0.1, 0.15) is 62.6 Å². The number of halogens is 1. The number of carbonyl (C=O) groups is 1. The fourth-order valence-corrected chi connectivity index (χ4v) is 6.82. The second kappa shape index (κ2) is 10.4. The largest absolute Gasteiger partial charge is 0.376 e. The molecule has 7 nitrogen and oxygen atoms in total. The molecule has 0 spiro atoms. The summed E-state index contributed by atoms with van der Waals surface area (Å²) in [6.07, 6.45) is 9.54. The number of aromatic nitrogens is 2. The van der Waals surface area contributed by atoms with E-state index in [4.69, 9.17) is 4.74 Å². The Hall–Kier alpha value is -2.26. The van der Waals surface area contributed by atoms with Crippen LogP contribution in [0.2, 0.25) is 0 Å². The van der Waals surface area contributed by atoms with Gasteiger partial charge in [-0.3, -0.25) is 4.79 Å². The van der Waals surface area contributed by atoms with Crippen LogP contribution < -0.4 is 0 Å². The zero-order valence-electron chi connectivity index (χ0n) is 20.1. The second-order valence-corrected chi connectivity index (χ2v) is 12.2. The molecule has 1 aliphatic heterocycles. The Bertz CT molecular complexity index is 1150. The predicted octanol–water partition coefficient (Wildman–Crippen LogP) is 4.10. The summed E-state index contributed by atoms with van der Waals surface area (Å²) in [5.41, 5.74) is 0.812. The maximum Gasteiger partial charge on any atom is 0.228 e. The van der Waals surface area contributed by atoms with Crippen LogP contribution in [0.3, 0.4) is 0 Å². The molecule has 1 aromatic heterocycles. The van der Waals surface area contributed by atoms with Gasteiger partial charge in [0.05, 0.1) is 36.8 Å². The Morgan fingerprint density at radius 2 is 1.89 bits per heavy atom. The fraction of sp³-hybridized carbons (Fsp3) is 0.615. The molecule has 2 saturated carbocycles. The normalized spacial score (nSPS) is 21.0. The zero-order valence-corrected chi connectivity index (χ0v) is 20.9. The van der Waals surface area contributed by atoms with Crippen LogP contribution in [-0.4, -0.2) is 48.0 Å². The van der Waals surface area contributed by atoms with Crippen LogP contribution in [-0.2, 0) is 38.2 Å². The standard InChI is InChI=1S/C26H34FN3O4S/c27-24-10-4-3-8-21(24)18-35(32,33)26-28-14-22(30(26)17-23-9-5-13-34-23)16-29(15-19-11-12-19)25(31)20-6-1-2-7-20/h3-4,8,10,14,19-20,23H,1-2,5-7,9,11-13,15-18H2/t23-/m1/s1. The molecule has 1 amide bonds. The van der Waals surface area contributed by atoms with Crippen molar-refractivity contribution >= 4 is 15.7 Å². The molecule has 1 atom stereocenters. The van der Waals surface area contributed by atoms with Gasteiger partial charge in [0.25, 0.3) is 0 Å². The third kappa shape index (κ3) is 5.77. The highest BCUT2D eigenvalue weighted by atomic mass is 32.2. The molecule has 2 aliphatic carbocycles. The van der Waals surface area contributed by atoms with Gasteiger partial charge in [0, 0.05) is 24.6 Å². The lowest BCUT2D eigenvalue weighted by Gasteiger charge is -2.27. The van der Waals surface area contributed by atoms with Crippen molar-refractivity contribution in [2.45, 2.75) is 81.5 Å². The van der Waals surface area contributed by atoms with E-state index in [0.29, 0.717) is 37.9 Å². The Kier molecular flexibility index (Phi) is 7.25. The molecule has 2 aromatic rings. The number of amides is 1. The fourth-order valence-electron chi connectivity index (χ4n) is 5.31. The third-order valence-corrected chi connectivity index (χ3v) is 9.01. The molecular formula is C26H34FN3O4S. The SMILES string of the molecule is O=C(C1CCCC1)N(Cc1cnc(S(=O)(=O)Cc2ccccc2F)n1C[C@H]1CCCO1)CC1CC1. The van der Waals surface area contributed by atoms with Crippen molar-refractivity contribution < 1.29 is 22.3 Å². The average Bonchev–Trinajstić information content (AvgIpc) is 3.24. The van der Waals surface area contributed by atoms with Gasteiger partial charge in [-0.25, -0.2) is 17.8 Å². The molecule has 1 aromatic carbocycles. The summed E-state index contributed by atoms with van der Waals surface area (Å²) in [5.74, 6) is -0.248. The van der Waals surface area contributed by atoms with Crippen molar-refractivity contribution in [2.24, 2.45) is 11.8 Å². The summed E-state index contributed by atoms with van der Waals surface area (Å²) < 4.78 is 48.6. The minimum absolute atomic E-state index is 0.0625. The maximum atomic E-state index is 14.2. The quantitative estimate of drug-likeness (QED) is 0.488. The number of sulfone groups is 1. The van der Waals surface area contributed by atoms with Crippen LogP contribution in [0.5, 0.6) is 0 Å². The number of imidazole rings is 1. The molecule has 35 heavy (non-hydrogen) atoms. The molecule has 5 rings (SSSR count). The van der Waals surface area contributed by atoms with E-state index in [9.17, 15) is 17.6 Å². The smallest absolute Gasteiger partial charge is 0.228 e. The molecule has 1 saturated heterocycles. The van der Waals surface area contributed by atoms with Crippen LogP contribution >= 0.6 is 0 Å². The van der Waals surface area contributed by atoms with E-state index in [1.165, 1.54) is 18.2 Å². The lowest BCUT2D eigenvalue weighted by Crippen LogP contribution is -2.37. The Balaban J connectivity index is 1.44. The predicted molar refractivity (Wildman–Crippen MR) is 129 cm³/mol. The molecule has 0 radical (unpaired) electrons. The van der Waals surface area contributed by atoms with E-state index in [-0.39, 0.29) is 28.6 Å². The summed E-state index contributed by atoms with van der Waals surface area (Å²) in [6.45, 7) is 2.05. The van der Waals surface area contributed by atoms with Gasteiger partial charge in [-0.05, 0) is 50.5 Å². The van der Waals surface area contributed by atoms with Crippen LogP contribution in [0.25, 0.3) is 0 Å². The number of hydrogen-bond donors (Lipinski definition) is 0. The van der Waals surface area contributed by atoms with Crippen LogP contribution in [0, 0.1) is 17.7 Å². The number of rotatable bonds is 10. The molecule has 9 heteroatoms. The van der Waals surface area contributed by atoms with E-state index in [1.54, 1.807) is 16.8 Å². The van der Waals surface area contributed by atoms with Crippen LogP contribution in [0.15, 0.2) is 35.6 Å². The van der Waals surface area contributed by atoms with E-state index in [0.717, 1.165) is 51.4 Å². The average molecular weight is 504 g/mol. The van der Waals surface area contributed by atoms with E-state index in [1.807, 2.05) is 4.90 Å². The Morgan fingerprint density at radius 3 is 2.57 bits per heavy atom. The highest BCUT2D eigenvalue weighted by Gasteiger charge is 2.34. The van der Waals surface area contributed by atoms with Gasteiger partial charge in [-0.2, -0.15) is 0 Å². The summed E-state index contributed by atoms with van der Waals surface area (Å²) in [7, 11) is -3.92. The third-order valence-electron chi connectivity index (χ3n) is 7.44. The lowest BCUT2D eigenvalue weighted by molar-refractivity contribution is -0.136. The van der Waals surface area contributed by atoms with Crippen molar-refractivity contribution in [1.82, 2.24) is 14.5 Å². The van der Waals surface area contributed by atoms with Gasteiger partial charge in [-0.1, -0.05) is 31.0 Å². The number of hydrogen-bond acceptors (Lipinski definition) is 5. The van der Waals surface area contributed by atoms with Gasteiger partial charge in [0.15, 0.2) is 0 Å². The summed E-state index contributed by atoms with van der Waals surface area (Å²) in [5, 5.41) is -0.0778. The number of ether oxygens (including phenoxy) is 1. The monoisotopic (exact) mass is 503 g/mol. The topological polar surface area (TPSA) is 81.5 Å². The van der Waals surface area contributed by atoms with Crippen molar-refractivity contribution in [3.63, 3.8) is 0 Å². The van der Waals surface area contributed by atoms with Gasteiger partial charge < -0.3 is 14.2 Å². The second-order valence-electron chi connectivity index (χ2n) is 10.3. The van der Waals surface area contributed by atoms with Gasteiger partial charge in [0.2, 0.25) is 20.9 Å². The summed E-state index contributed by atoms with van der Waals surface area (Å²) in [4.78, 5) is 19.6. The van der Waals surface area contributed by atoms with Crippen molar-refractivity contribution in [3.05, 3.63) is 47.5 Å². The molecule has 2 heterocycles. The maximum absolute atomic E-state index is 14.2. The van der Waals surface area contributed by atoms with E-state index in [2.05, 4.69) is 4.98 Å². The molecule has 3 aliphatic rings. The number of nitrogens with zero attached hydrogens (tertiary/aromatic N) is 3. The first-order chi connectivity index (χ1) is 16.9. The molecule has 0 bridgehead atoms. The van der Waals surface area contributed by atoms with E-state index < -0.39 is 21.4 Å². The minimum Gasteiger partial charge on any atom is -0.376 e. The van der Waals surface area contributed by atoms with E-state index >= 15 is 0 Å². The summed E-state index contributed by atoms with van der Waals surface area (Å²) in [6, 6.07) is 5.92. The summed E-state index contributed by atoms with van der Waals surface area (Å²) >= 11 is 0. The van der Waals surface area contributed by atoms with Crippen molar-refractivity contribution in [3.8, 4) is 0 Å². The Labute approximate surface area is 206 Å². The highest BCUT2D eigenvalue weighted by Crippen LogP contribution is 2.33. The van der Waals surface area contributed by atoms with Gasteiger partial charge >= 0.3 is 0 Å². The van der Waals surface area contributed by atoms with Crippen molar-refractivity contribution in [1.29, 1.82) is 0 Å². The molecular weight excluding hydrogens is 469 g/mol. The first-order valence-electron chi connectivity index (χ1n) is 12.8. The number of benzene rings is 1. The van der Waals surface area contributed by atoms with Gasteiger partial charge in [-0.15, -0.1) is 0 Å². The highest BCUT2D eigenvalue weighted by molar-refractivity contribution is 7.90. The molecule has 0 N–H and O–H groups in total. The molecule has 3 fully saturated rings. The first-order valence-corrected chi connectivity index (χ1v) is 14.5. The lowest BCUT2D eigenvalue weighted by atomic mass is 10.1. The number of carbonyl (C=O) groups excluding carboxylic acids is 1. The molecule has 0 unspecified atom stereocenters. The first kappa shape index (κ1) is 24.4. The van der Waals surface area contributed by atoms with Crippen LogP contribution in [0.4, 0.5) is 4.39 Å². The van der Waals surface area contributed by atoms with Gasteiger partial charge in [0.1, 0.15) is 5.82 Å². The van der Waals surface area contributed by atoms with Crippen molar-refractivity contribution in [2.75, 3.05) is 13.2 Å². The zero-order chi connectivity index (χ0) is 24.4. The minimum atomic E-state index is -3.92.